The van der Waals surface area contributed by atoms with Gasteiger partial charge in [0.25, 0.3) is 0 Å². The van der Waals surface area contributed by atoms with Crippen LogP contribution in [0.25, 0.3) is 0 Å². The molecular weight excluding hydrogens is 270 g/mol. The van der Waals surface area contributed by atoms with Crippen molar-refractivity contribution in [2.75, 3.05) is 6.54 Å². The van der Waals surface area contributed by atoms with Gasteiger partial charge < -0.3 is 0 Å². The van der Waals surface area contributed by atoms with Gasteiger partial charge in [-0.2, -0.15) is 4.31 Å². The van der Waals surface area contributed by atoms with E-state index < -0.39 is 10.0 Å². The van der Waals surface area contributed by atoms with Crippen molar-refractivity contribution in [3.63, 3.8) is 0 Å². The van der Waals surface area contributed by atoms with E-state index in [1.807, 2.05) is 19.9 Å². The van der Waals surface area contributed by atoms with Crippen molar-refractivity contribution in [2.45, 2.75) is 44.0 Å². The highest BCUT2D eigenvalue weighted by Crippen LogP contribution is 2.28. The van der Waals surface area contributed by atoms with Gasteiger partial charge in [0.05, 0.1) is 4.90 Å². The van der Waals surface area contributed by atoms with Gasteiger partial charge in [-0.05, 0) is 49.9 Å². The summed E-state index contributed by atoms with van der Waals surface area (Å²) in [4.78, 5) is 0.320. The Morgan fingerprint density at radius 2 is 2.11 bits per heavy atom. The molecule has 0 aromatic heterocycles. The Balaban J connectivity index is 2.43. The third-order valence-corrected chi connectivity index (χ3v) is 5.65. The second-order valence-electron chi connectivity index (χ2n) is 4.76. The fourth-order valence-electron chi connectivity index (χ4n) is 2.37. The molecule has 18 heavy (non-hydrogen) atoms. The first kappa shape index (κ1) is 13.8. The van der Waals surface area contributed by atoms with Gasteiger partial charge >= 0.3 is 0 Å². The molecule has 2 rings (SSSR count). The SMILES string of the molecule is CCc1cc(Cl)cc(S(=O)(=O)N2CCCC2C)c1. The molecule has 1 aromatic carbocycles. The number of rotatable bonds is 3. The van der Waals surface area contributed by atoms with Crippen LogP contribution in [0.15, 0.2) is 23.1 Å². The molecule has 1 saturated heterocycles. The van der Waals surface area contributed by atoms with Crippen molar-refractivity contribution in [1.82, 2.24) is 4.31 Å². The van der Waals surface area contributed by atoms with Gasteiger partial charge in [0.1, 0.15) is 0 Å². The van der Waals surface area contributed by atoms with Crippen LogP contribution >= 0.6 is 11.6 Å². The lowest BCUT2D eigenvalue weighted by molar-refractivity contribution is 0.408. The van der Waals surface area contributed by atoms with Gasteiger partial charge in [-0.3, -0.25) is 0 Å². The molecule has 1 unspecified atom stereocenters. The fourth-order valence-corrected chi connectivity index (χ4v) is 4.49. The maximum atomic E-state index is 12.5. The highest BCUT2D eigenvalue weighted by molar-refractivity contribution is 7.89. The summed E-state index contributed by atoms with van der Waals surface area (Å²) in [5.74, 6) is 0. The van der Waals surface area contributed by atoms with Crippen LogP contribution in [0.2, 0.25) is 5.02 Å². The quantitative estimate of drug-likeness (QED) is 0.857. The number of benzene rings is 1. The number of hydrogen-bond donors (Lipinski definition) is 0. The van der Waals surface area contributed by atoms with Gasteiger partial charge in [-0.1, -0.05) is 18.5 Å². The number of aryl methyl sites for hydroxylation is 1. The van der Waals surface area contributed by atoms with Gasteiger partial charge in [-0.25, -0.2) is 8.42 Å². The van der Waals surface area contributed by atoms with E-state index in [9.17, 15) is 8.42 Å². The van der Waals surface area contributed by atoms with Crippen LogP contribution in [0, 0.1) is 0 Å². The maximum Gasteiger partial charge on any atom is 0.243 e. The van der Waals surface area contributed by atoms with Crippen molar-refractivity contribution < 1.29 is 8.42 Å². The summed E-state index contributed by atoms with van der Waals surface area (Å²) in [6, 6.07) is 5.17. The van der Waals surface area contributed by atoms with Crippen LogP contribution in [-0.2, 0) is 16.4 Å². The lowest BCUT2D eigenvalue weighted by Gasteiger charge is -2.21. The van der Waals surface area contributed by atoms with Crippen molar-refractivity contribution in [2.24, 2.45) is 0 Å². The van der Waals surface area contributed by atoms with Crippen molar-refractivity contribution in [1.29, 1.82) is 0 Å². The van der Waals surface area contributed by atoms with E-state index in [2.05, 4.69) is 0 Å². The Morgan fingerprint density at radius 1 is 1.39 bits per heavy atom. The summed E-state index contributed by atoms with van der Waals surface area (Å²) in [6.07, 6.45) is 2.64. The summed E-state index contributed by atoms with van der Waals surface area (Å²) < 4.78 is 26.6. The monoisotopic (exact) mass is 287 g/mol. The minimum Gasteiger partial charge on any atom is -0.207 e. The van der Waals surface area contributed by atoms with E-state index >= 15 is 0 Å². The predicted octanol–water partition coefficient (Wildman–Crippen LogP) is 3.08. The summed E-state index contributed by atoms with van der Waals surface area (Å²) >= 11 is 5.99. The summed E-state index contributed by atoms with van der Waals surface area (Å²) in [5.41, 5.74) is 0.952. The molecule has 0 saturated carbocycles. The van der Waals surface area contributed by atoms with Gasteiger partial charge in [0.15, 0.2) is 0 Å². The number of hydrogen-bond acceptors (Lipinski definition) is 2. The summed E-state index contributed by atoms with van der Waals surface area (Å²) in [7, 11) is -3.39. The fraction of sp³-hybridized carbons (Fsp3) is 0.538. The molecule has 100 valence electrons. The molecule has 1 atom stereocenters. The van der Waals surface area contributed by atoms with E-state index in [1.165, 1.54) is 0 Å². The Hall–Kier alpha value is -0.580. The highest BCUT2D eigenvalue weighted by Gasteiger charge is 2.32. The van der Waals surface area contributed by atoms with Crippen molar-refractivity contribution >= 4 is 21.6 Å². The first-order valence-corrected chi connectivity index (χ1v) is 8.08. The van der Waals surface area contributed by atoms with Crippen LogP contribution in [0.3, 0.4) is 0 Å². The second kappa shape index (κ2) is 5.19. The molecule has 1 aliphatic heterocycles. The average Bonchev–Trinajstić information content (AvgIpc) is 2.75. The lowest BCUT2D eigenvalue weighted by Crippen LogP contribution is -2.33. The Morgan fingerprint density at radius 3 is 2.67 bits per heavy atom. The zero-order valence-electron chi connectivity index (χ0n) is 10.7. The zero-order valence-corrected chi connectivity index (χ0v) is 12.3. The predicted molar refractivity (Wildman–Crippen MR) is 73.4 cm³/mol. The molecule has 0 spiro atoms. The van der Waals surface area contributed by atoms with Gasteiger partial charge in [-0.15, -0.1) is 0 Å². The zero-order chi connectivity index (χ0) is 13.3. The van der Waals surface area contributed by atoms with E-state index in [0.29, 0.717) is 16.5 Å². The van der Waals surface area contributed by atoms with Crippen LogP contribution in [0.5, 0.6) is 0 Å². The minimum absolute atomic E-state index is 0.0825. The Labute approximate surface area is 114 Å². The van der Waals surface area contributed by atoms with Gasteiger partial charge in [0.2, 0.25) is 10.0 Å². The molecule has 1 fully saturated rings. The molecule has 3 nitrogen and oxygen atoms in total. The number of sulfonamides is 1. The first-order chi connectivity index (χ1) is 8.45. The third-order valence-electron chi connectivity index (χ3n) is 3.44. The molecule has 0 radical (unpaired) electrons. The van der Waals surface area contributed by atoms with Crippen LogP contribution in [0.4, 0.5) is 0 Å². The molecular formula is C13H18ClNO2S. The molecule has 0 N–H and O–H groups in total. The smallest absolute Gasteiger partial charge is 0.207 e. The Kier molecular flexibility index (Phi) is 3.99. The van der Waals surface area contributed by atoms with Crippen LogP contribution in [-0.4, -0.2) is 25.3 Å². The van der Waals surface area contributed by atoms with Crippen LogP contribution in [0.1, 0.15) is 32.3 Å². The highest BCUT2D eigenvalue weighted by atomic mass is 35.5. The normalized spacial score (nSPS) is 21.4. The summed E-state index contributed by atoms with van der Waals surface area (Å²) in [5, 5.41) is 0.486. The molecule has 0 aliphatic carbocycles. The average molecular weight is 288 g/mol. The first-order valence-electron chi connectivity index (χ1n) is 6.26. The van der Waals surface area contributed by atoms with Crippen molar-refractivity contribution in [3.05, 3.63) is 28.8 Å². The topological polar surface area (TPSA) is 37.4 Å². The second-order valence-corrected chi connectivity index (χ2v) is 7.08. The maximum absolute atomic E-state index is 12.5. The Bertz CT molecular complexity index is 542. The molecule has 0 bridgehead atoms. The van der Waals surface area contributed by atoms with E-state index in [-0.39, 0.29) is 6.04 Å². The third kappa shape index (κ3) is 2.56. The van der Waals surface area contributed by atoms with E-state index in [0.717, 1.165) is 24.8 Å². The van der Waals surface area contributed by atoms with Gasteiger partial charge in [0, 0.05) is 17.6 Å². The molecule has 1 aliphatic rings. The molecule has 1 aromatic rings. The molecule has 1 heterocycles. The standard InChI is InChI=1S/C13H18ClNO2S/c1-3-11-7-12(14)9-13(8-11)18(16,17)15-6-4-5-10(15)2/h7-10H,3-6H2,1-2H3. The number of nitrogens with zero attached hydrogens (tertiary/aromatic N) is 1. The molecule has 5 heteroatoms. The summed E-state index contributed by atoms with van der Waals surface area (Å²) in [6.45, 7) is 4.55. The lowest BCUT2D eigenvalue weighted by atomic mass is 10.2. The van der Waals surface area contributed by atoms with E-state index in [4.69, 9.17) is 11.6 Å². The minimum atomic E-state index is -3.39. The number of halogens is 1. The van der Waals surface area contributed by atoms with Crippen molar-refractivity contribution in [3.8, 4) is 0 Å². The molecule has 0 amide bonds. The van der Waals surface area contributed by atoms with E-state index in [1.54, 1.807) is 16.4 Å². The van der Waals surface area contributed by atoms with Crippen LogP contribution < -0.4 is 0 Å². The largest absolute Gasteiger partial charge is 0.243 e.